The third kappa shape index (κ3) is 7.31. The fourth-order valence-corrected chi connectivity index (χ4v) is 2.66. The van der Waals surface area contributed by atoms with Crippen LogP contribution < -0.4 is 4.74 Å². The molecule has 0 radical (unpaired) electrons. The Labute approximate surface area is 138 Å². The second-order valence-electron chi connectivity index (χ2n) is 5.92. The molecule has 0 amide bonds. The van der Waals surface area contributed by atoms with Crippen LogP contribution >= 0.6 is 0 Å². The molecule has 128 valence electrons. The highest BCUT2D eigenvalue weighted by molar-refractivity contribution is 5.92. The van der Waals surface area contributed by atoms with Crippen molar-refractivity contribution in [3.63, 3.8) is 0 Å². The molecule has 0 aliphatic carbocycles. The maximum Gasteiger partial charge on any atom is 0.339 e. The smallest absolute Gasteiger partial charge is 0.339 e. The monoisotopic (exact) mass is 320 g/mol. The fraction of sp³-hybridized carbons (Fsp3) is 0.579. The molecular formula is C19H28O4. The number of benzene rings is 1. The van der Waals surface area contributed by atoms with E-state index in [1.807, 2.05) is 6.07 Å². The van der Waals surface area contributed by atoms with Gasteiger partial charge in [-0.2, -0.15) is 0 Å². The summed E-state index contributed by atoms with van der Waals surface area (Å²) >= 11 is 0. The van der Waals surface area contributed by atoms with Gasteiger partial charge in [0.2, 0.25) is 0 Å². The molecule has 1 aromatic rings. The van der Waals surface area contributed by atoms with Gasteiger partial charge in [0, 0.05) is 6.92 Å². The molecule has 0 aliphatic rings. The van der Waals surface area contributed by atoms with Crippen LogP contribution in [0.15, 0.2) is 18.2 Å². The Kier molecular flexibility index (Phi) is 9.03. The molecule has 23 heavy (non-hydrogen) atoms. The Hall–Kier alpha value is -1.84. The van der Waals surface area contributed by atoms with Crippen LogP contribution in [0, 0.1) is 0 Å². The van der Waals surface area contributed by atoms with Crippen LogP contribution in [-0.2, 0) is 11.2 Å². The van der Waals surface area contributed by atoms with Gasteiger partial charge in [-0.1, -0.05) is 64.0 Å². The van der Waals surface area contributed by atoms with E-state index in [0.717, 1.165) is 24.8 Å². The lowest BCUT2D eigenvalue weighted by molar-refractivity contribution is -0.131. The van der Waals surface area contributed by atoms with Crippen LogP contribution in [0.25, 0.3) is 0 Å². The molecule has 0 saturated carbocycles. The first-order chi connectivity index (χ1) is 11.1. The molecule has 1 N–H and O–H groups in total. The zero-order valence-corrected chi connectivity index (χ0v) is 14.3. The average molecular weight is 320 g/mol. The molecule has 0 bridgehead atoms. The largest absolute Gasteiger partial charge is 0.478 e. The highest BCUT2D eigenvalue weighted by atomic mass is 16.5. The fourth-order valence-electron chi connectivity index (χ4n) is 2.66. The number of carbonyl (C=O) groups excluding carboxylic acids is 1. The summed E-state index contributed by atoms with van der Waals surface area (Å²) in [7, 11) is 0. The minimum absolute atomic E-state index is 0.0530. The quantitative estimate of drug-likeness (QED) is 0.354. The van der Waals surface area contributed by atoms with E-state index >= 15 is 0 Å². The minimum atomic E-state index is -1.07. The number of carboxylic acids is 1. The second-order valence-corrected chi connectivity index (χ2v) is 5.92. The van der Waals surface area contributed by atoms with Crippen molar-refractivity contribution in [1.82, 2.24) is 0 Å². The van der Waals surface area contributed by atoms with E-state index in [1.54, 1.807) is 6.07 Å². The summed E-state index contributed by atoms with van der Waals surface area (Å²) in [6.07, 6.45) is 10.5. The standard InChI is InChI=1S/C19H28O4/c1-3-4-5-6-7-8-9-10-12-16-13-11-14-17(19(21)22)18(16)23-15(2)20/h11,13-14H,3-10,12H2,1-2H3,(H,21,22). The van der Waals surface area contributed by atoms with Gasteiger partial charge in [0.15, 0.2) is 0 Å². The predicted octanol–water partition coefficient (Wildman–Crippen LogP) is 4.99. The normalized spacial score (nSPS) is 10.5. The third-order valence-electron chi connectivity index (χ3n) is 3.87. The van der Waals surface area contributed by atoms with Crippen molar-refractivity contribution in [2.75, 3.05) is 0 Å². The van der Waals surface area contributed by atoms with Gasteiger partial charge in [-0.25, -0.2) is 4.79 Å². The average Bonchev–Trinajstić information content (AvgIpc) is 2.50. The molecule has 0 fully saturated rings. The molecule has 0 spiro atoms. The second kappa shape index (κ2) is 10.8. The van der Waals surface area contributed by atoms with Crippen molar-refractivity contribution in [3.8, 4) is 5.75 Å². The highest BCUT2D eigenvalue weighted by Crippen LogP contribution is 2.26. The van der Waals surface area contributed by atoms with Gasteiger partial charge in [-0.05, 0) is 24.5 Å². The first-order valence-electron chi connectivity index (χ1n) is 8.59. The van der Waals surface area contributed by atoms with E-state index in [2.05, 4.69) is 6.92 Å². The van der Waals surface area contributed by atoms with Gasteiger partial charge in [0.1, 0.15) is 11.3 Å². The number of carbonyl (C=O) groups is 2. The van der Waals surface area contributed by atoms with Crippen LogP contribution in [0.2, 0.25) is 0 Å². The molecule has 0 aromatic heterocycles. The van der Waals surface area contributed by atoms with Crippen LogP contribution in [0.3, 0.4) is 0 Å². The van der Waals surface area contributed by atoms with Crippen LogP contribution in [0.4, 0.5) is 0 Å². The topological polar surface area (TPSA) is 63.6 Å². The first kappa shape index (κ1) is 19.2. The summed E-state index contributed by atoms with van der Waals surface area (Å²) in [5.74, 6) is -1.36. The Bertz CT molecular complexity index is 508. The number of ether oxygens (including phenoxy) is 1. The number of hydrogen-bond donors (Lipinski definition) is 1. The highest BCUT2D eigenvalue weighted by Gasteiger charge is 2.16. The van der Waals surface area contributed by atoms with E-state index in [9.17, 15) is 14.7 Å². The molecule has 4 nitrogen and oxygen atoms in total. The molecular weight excluding hydrogens is 292 g/mol. The Morgan fingerprint density at radius 3 is 2.17 bits per heavy atom. The number of para-hydroxylation sites is 1. The number of esters is 1. The SMILES string of the molecule is CCCCCCCCCCc1cccc(C(=O)O)c1OC(C)=O. The van der Waals surface area contributed by atoms with E-state index in [-0.39, 0.29) is 11.3 Å². The third-order valence-corrected chi connectivity index (χ3v) is 3.87. The van der Waals surface area contributed by atoms with Gasteiger partial charge < -0.3 is 9.84 Å². The molecule has 0 heterocycles. The molecule has 1 aromatic carbocycles. The van der Waals surface area contributed by atoms with Crippen molar-refractivity contribution in [2.24, 2.45) is 0 Å². The summed E-state index contributed by atoms with van der Waals surface area (Å²) in [5, 5.41) is 9.22. The van der Waals surface area contributed by atoms with Crippen molar-refractivity contribution in [2.45, 2.75) is 71.6 Å². The zero-order chi connectivity index (χ0) is 17.1. The summed E-state index contributed by atoms with van der Waals surface area (Å²) < 4.78 is 5.14. The van der Waals surface area contributed by atoms with Crippen LogP contribution in [0.1, 0.15) is 81.1 Å². The summed E-state index contributed by atoms with van der Waals surface area (Å²) in [5.41, 5.74) is 0.850. The van der Waals surface area contributed by atoms with Gasteiger partial charge in [0.05, 0.1) is 0 Å². The van der Waals surface area contributed by atoms with E-state index < -0.39 is 11.9 Å². The molecule has 0 aliphatic heterocycles. The van der Waals surface area contributed by atoms with E-state index in [1.165, 1.54) is 51.5 Å². The number of unbranched alkanes of at least 4 members (excludes halogenated alkanes) is 7. The van der Waals surface area contributed by atoms with Crippen molar-refractivity contribution in [1.29, 1.82) is 0 Å². The maximum absolute atomic E-state index is 11.3. The van der Waals surface area contributed by atoms with Gasteiger partial charge in [-0.15, -0.1) is 0 Å². The molecule has 0 atom stereocenters. The minimum Gasteiger partial charge on any atom is -0.478 e. The molecule has 4 heteroatoms. The number of aromatic carboxylic acids is 1. The predicted molar refractivity (Wildman–Crippen MR) is 91.0 cm³/mol. The van der Waals surface area contributed by atoms with Crippen molar-refractivity contribution in [3.05, 3.63) is 29.3 Å². The maximum atomic E-state index is 11.3. The summed E-state index contributed by atoms with van der Waals surface area (Å²) in [6, 6.07) is 5.01. The number of rotatable bonds is 11. The molecule has 0 unspecified atom stereocenters. The van der Waals surface area contributed by atoms with Gasteiger partial charge >= 0.3 is 11.9 Å². The van der Waals surface area contributed by atoms with E-state index in [0.29, 0.717) is 0 Å². The lowest BCUT2D eigenvalue weighted by Crippen LogP contribution is -2.09. The van der Waals surface area contributed by atoms with E-state index in [4.69, 9.17) is 4.74 Å². The van der Waals surface area contributed by atoms with Crippen LogP contribution in [-0.4, -0.2) is 17.0 Å². The van der Waals surface area contributed by atoms with Crippen LogP contribution in [0.5, 0.6) is 5.75 Å². The number of aryl methyl sites for hydroxylation is 1. The van der Waals surface area contributed by atoms with Crippen molar-refractivity contribution >= 4 is 11.9 Å². The Morgan fingerprint density at radius 1 is 1.00 bits per heavy atom. The van der Waals surface area contributed by atoms with Crippen molar-refractivity contribution < 1.29 is 19.4 Å². The zero-order valence-electron chi connectivity index (χ0n) is 14.3. The lowest BCUT2D eigenvalue weighted by Gasteiger charge is -2.11. The first-order valence-corrected chi connectivity index (χ1v) is 8.59. The van der Waals surface area contributed by atoms with Gasteiger partial charge in [0.25, 0.3) is 0 Å². The summed E-state index contributed by atoms with van der Waals surface area (Å²) in [4.78, 5) is 22.5. The Morgan fingerprint density at radius 2 is 1.61 bits per heavy atom. The molecule has 1 rings (SSSR count). The molecule has 0 saturated heterocycles. The number of hydrogen-bond acceptors (Lipinski definition) is 3. The number of carboxylic acid groups (broad SMARTS) is 1. The van der Waals surface area contributed by atoms with Gasteiger partial charge in [-0.3, -0.25) is 4.79 Å². The summed E-state index contributed by atoms with van der Waals surface area (Å²) in [6.45, 7) is 3.50. The lowest BCUT2D eigenvalue weighted by atomic mass is 10.0. The Balaban J connectivity index is 2.51.